The van der Waals surface area contributed by atoms with Crippen LogP contribution in [0.3, 0.4) is 0 Å². The molecular formula is C18H26N2O. The highest BCUT2D eigenvalue weighted by Gasteiger charge is 2.36. The number of nitrogens with zero attached hydrogens (tertiary/aromatic N) is 1. The Labute approximate surface area is 127 Å². The summed E-state index contributed by atoms with van der Waals surface area (Å²) in [4.78, 5) is 2.62. The fraction of sp³-hybridized carbons (Fsp3) is 0.667. The highest BCUT2D eigenvalue weighted by atomic mass is 16.5. The molecule has 4 rings (SSSR count). The molecular weight excluding hydrogens is 260 g/mol. The average Bonchev–Trinajstić information content (AvgIpc) is 2.99. The third kappa shape index (κ3) is 2.64. The minimum atomic E-state index is 0.713. The van der Waals surface area contributed by atoms with Crippen LogP contribution in [0, 0.1) is 5.41 Å². The van der Waals surface area contributed by atoms with Crippen LogP contribution < -0.4 is 10.1 Å². The molecule has 1 aliphatic carbocycles. The number of para-hydroxylation sites is 1. The average molecular weight is 286 g/mol. The number of hydrogen-bond acceptors (Lipinski definition) is 3. The van der Waals surface area contributed by atoms with E-state index in [0.29, 0.717) is 5.41 Å². The van der Waals surface area contributed by atoms with Crippen molar-refractivity contribution in [2.75, 3.05) is 31.6 Å². The summed E-state index contributed by atoms with van der Waals surface area (Å²) >= 11 is 0. The van der Waals surface area contributed by atoms with E-state index in [4.69, 9.17) is 4.74 Å². The van der Waals surface area contributed by atoms with Gasteiger partial charge in [0.05, 0.1) is 5.69 Å². The molecule has 0 amide bonds. The van der Waals surface area contributed by atoms with Crippen molar-refractivity contribution in [3.05, 3.63) is 23.8 Å². The zero-order valence-electron chi connectivity index (χ0n) is 12.9. The standard InChI is InChI=1S/C18H26N2O/c1-2-7-18(6-1)8-11-20(12-9-18)14-15-4-3-5-16-17(15)21-13-10-19-16/h3-5,19H,1-2,6-14H2. The maximum Gasteiger partial charge on any atom is 0.146 e. The van der Waals surface area contributed by atoms with Gasteiger partial charge in [-0.25, -0.2) is 0 Å². The quantitative estimate of drug-likeness (QED) is 0.898. The van der Waals surface area contributed by atoms with Crippen molar-refractivity contribution in [1.29, 1.82) is 0 Å². The van der Waals surface area contributed by atoms with Crippen molar-refractivity contribution in [2.45, 2.75) is 45.1 Å². The monoisotopic (exact) mass is 286 g/mol. The van der Waals surface area contributed by atoms with Gasteiger partial charge >= 0.3 is 0 Å². The number of piperidine rings is 1. The normalized spacial score (nSPS) is 24.4. The van der Waals surface area contributed by atoms with Crippen molar-refractivity contribution in [1.82, 2.24) is 4.90 Å². The lowest BCUT2D eigenvalue weighted by atomic mass is 9.77. The Morgan fingerprint density at radius 3 is 2.71 bits per heavy atom. The Bertz CT molecular complexity index is 498. The number of benzene rings is 1. The van der Waals surface area contributed by atoms with E-state index in [0.717, 1.165) is 25.4 Å². The zero-order chi connectivity index (χ0) is 14.1. The molecule has 1 saturated carbocycles. The first-order chi connectivity index (χ1) is 10.3. The summed E-state index contributed by atoms with van der Waals surface area (Å²) in [5, 5.41) is 3.44. The van der Waals surface area contributed by atoms with Crippen LogP contribution in [-0.2, 0) is 6.54 Å². The van der Waals surface area contributed by atoms with E-state index < -0.39 is 0 Å². The lowest BCUT2D eigenvalue weighted by Crippen LogP contribution is -2.38. The Balaban J connectivity index is 1.43. The summed E-state index contributed by atoms with van der Waals surface area (Å²) in [5.41, 5.74) is 3.23. The maximum atomic E-state index is 5.90. The number of rotatable bonds is 2. The van der Waals surface area contributed by atoms with Crippen LogP contribution in [-0.4, -0.2) is 31.1 Å². The molecule has 2 aliphatic heterocycles. The first-order valence-electron chi connectivity index (χ1n) is 8.56. The molecule has 0 bridgehead atoms. The summed E-state index contributed by atoms with van der Waals surface area (Å²) in [7, 11) is 0. The number of anilines is 1. The van der Waals surface area contributed by atoms with Crippen LogP contribution in [0.2, 0.25) is 0 Å². The Kier molecular flexibility index (Phi) is 3.54. The SMILES string of the molecule is c1cc(CN2CCC3(CCCC3)CC2)c2c(c1)NCCO2. The highest BCUT2D eigenvalue weighted by Crippen LogP contribution is 2.46. The molecule has 3 aliphatic rings. The Morgan fingerprint density at radius 1 is 1.10 bits per heavy atom. The molecule has 0 unspecified atom stereocenters. The van der Waals surface area contributed by atoms with Gasteiger partial charge in [0.15, 0.2) is 0 Å². The summed E-state index contributed by atoms with van der Waals surface area (Å²) < 4.78 is 5.90. The second-order valence-corrected chi connectivity index (χ2v) is 7.05. The van der Waals surface area contributed by atoms with Gasteiger partial charge in [0.1, 0.15) is 12.4 Å². The molecule has 1 aromatic carbocycles. The molecule has 0 atom stereocenters. The number of ether oxygens (including phenoxy) is 1. The van der Waals surface area contributed by atoms with E-state index in [1.807, 2.05) is 0 Å². The number of fused-ring (bicyclic) bond motifs is 1. The zero-order valence-corrected chi connectivity index (χ0v) is 12.9. The van der Waals surface area contributed by atoms with Gasteiger partial charge < -0.3 is 10.1 Å². The van der Waals surface area contributed by atoms with E-state index in [1.165, 1.54) is 62.9 Å². The molecule has 3 heteroatoms. The second-order valence-electron chi connectivity index (χ2n) is 7.05. The van der Waals surface area contributed by atoms with E-state index in [9.17, 15) is 0 Å². The van der Waals surface area contributed by atoms with Gasteiger partial charge in [0.2, 0.25) is 0 Å². The molecule has 114 valence electrons. The lowest BCUT2D eigenvalue weighted by Gasteiger charge is -2.39. The fourth-order valence-corrected chi connectivity index (χ4v) is 4.41. The largest absolute Gasteiger partial charge is 0.489 e. The summed E-state index contributed by atoms with van der Waals surface area (Å²) in [6.07, 6.45) is 8.70. The molecule has 1 N–H and O–H groups in total. The summed E-state index contributed by atoms with van der Waals surface area (Å²) in [6, 6.07) is 6.51. The lowest BCUT2D eigenvalue weighted by molar-refractivity contribution is 0.103. The Hall–Kier alpha value is -1.22. The third-order valence-corrected chi connectivity index (χ3v) is 5.74. The highest BCUT2D eigenvalue weighted by molar-refractivity contribution is 5.61. The van der Waals surface area contributed by atoms with Gasteiger partial charge in [-0.2, -0.15) is 0 Å². The van der Waals surface area contributed by atoms with Crippen LogP contribution in [0.15, 0.2) is 18.2 Å². The van der Waals surface area contributed by atoms with Crippen molar-refractivity contribution >= 4 is 5.69 Å². The molecule has 1 aromatic rings. The van der Waals surface area contributed by atoms with Crippen molar-refractivity contribution in [3.8, 4) is 5.75 Å². The summed E-state index contributed by atoms with van der Waals surface area (Å²) in [6.45, 7) is 5.27. The van der Waals surface area contributed by atoms with Gasteiger partial charge in [-0.3, -0.25) is 4.90 Å². The van der Waals surface area contributed by atoms with Gasteiger partial charge in [0, 0.05) is 18.7 Å². The predicted octanol–water partition coefficient (Wildman–Crippen LogP) is 3.65. The minimum absolute atomic E-state index is 0.713. The molecule has 2 fully saturated rings. The van der Waals surface area contributed by atoms with Gasteiger partial charge in [-0.1, -0.05) is 25.0 Å². The molecule has 0 radical (unpaired) electrons. The van der Waals surface area contributed by atoms with E-state index in [2.05, 4.69) is 28.4 Å². The number of likely N-dealkylation sites (tertiary alicyclic amines) is 1. The number of nitrogens with one attached hydrogen (secondary N) is 1. The molecule has 1 saturated heterocycles. The van der Waals surface area contributed by atoms with Crippen LogP contribution in [0.25, 0.3) is 0 Å². The number of hydrogen-bond donors (Lipinski definition) is 1. The Morgan fingerprint density at radius 2 is 1.90 bits per heavy atom. The maximum absolute atomic E-state index is 5.90. The molecule has 3 nitrogen and oxygen atoms in total. The topological polar surface area (TPSA) is 24.5 Å². The first kappa shape index (κ1) is 13.4. The van der Waals surface area contributed by atoms with Crippen LogP contribution in [0.5, 0.6) is 5.75 Å². The van der Waals surface area contributed by atoms with Crippen LogP contribution in [0.1, 0.15) is 44.1 Å². The van der Waals surface area contributed by atoms with E-state index >= 15 is 0 Å². The molecule has 2 heterocycles. The third-order valence-electron chi connectivity index (χ3n) is 5.74. The van der Waals surface area contributed by atoms with Crippen LogP contribution in [0.4, 0.5) is 5.69 Å². The van der Waals surface area contributed by atoms with Crippen molar-refractivity contribution in [2.24, 2.45) is 5.41 Å². The second kappa shape index (κ2) is 5.53. The van der Waals surface area contributed by atoms with Crippen molar-refractivity contribution < 1.29 is 4.74 Å². The van der Waals surface area contributed by atoms with Crippen molar-refractivity contribution in [3.63, 3.8) is 0 Å². The molecule has 0 aromatic heterocycles. The fourth-order valence-electron chi connectivity index (χ4n) is 4.41. The minimum Gasteiger partial charge on any atom is -0.489 e. The summed E-state index contributed by atoms with van der Waals surface area (Å²) in [5.74, 6) is 1.09. The van der Waals surface area contributed by atoms with Crippen LogP contribution >= 0.6 is 0 Å². The molecule has 1 spiro atoms. The van der Waals surface area contributed by atoms with Gasteiger partial charge in [0.25, 0.3) is 0 Å². The van der Waals surface area contributed by atoms with Gasteiger partial charge in [-0.15, -0.1) is 0 Å². The smallest absolute Gasteiger partial charge is 0.146 e. The van der Waals surface area contributed by atoms with E-state index in [-0.39, 0.29) is 0 Å². The molecule has 21 heavy (non-hydrogen) atoms. The predicted molar refractivity (Wildman–Crippen MR) is 85.8 cm³/mol. The van der Waals surface area contributed by atoms with Gasteiger partial charge in [-0.05, 0) is 50.3 Å². The first-order valence-corrected chi connectivity index (χ1v) is 8.56. The van der Waals surface area contributed by atoms with E-state index in [1.54, 1.807) is 0 Å².